The average molecular weight is 439 g/mol. The normalized spacial score (nSPS) is 33.4. The Hall–Kier alpha value is -1.69. The smallest absolute Gasteiger partial charge is 0.254 e. The van der Waals surface area contributed by atoms with Crippen LogP contribution in [0.25, 0.3) is 0 Å². The summed E-state index contributed by atoms with van der Waals surface area (Å²) in [4.78, 5) is 39.4. The van der Waals surface area contributed by atoms with Crippen LogP contribution in [0.2, 0.25) is 0 Å². The highest BCUT2D eigenvalue weighted by molar-refractivity contribution is 5.83. The maximum Gasteiger partial charge on any atom is 0.254 e. The molecule has 0 unspecified atom stereocenters. The molecule has 32 heavy (non-hydrogen) atoms. The van der Waals surface area contributed by atoms with E-state index in [9.17, 15) is 9.59 Å². The van der Waals surface area contributed by atoms with Gasteiger partial charge in [0.2, 0.25) is 5.91 Å². The molecule has 0 spiro atoms. The Kier molecular flexibility index (Phi) is 5.60. The number of H-pyrrole nitrogens is 1. The molecule has 1 saturated heterocycles. The standard InChI is InChI=1S/C26H38N4O2/c31-25-20-13-15-29(17-8-2-1-3-9-17)16-21(20)27-24(28-25)22-12-6-7-14-30(22)26(32)23-18-10-4-5-11-19(18)23/h17-19,22-23H,1-16H2,(H,27,28,31)/t18-,19-,22-/m1/s1. The number of likely N-dealkylation sites (tertiary alicyclic amines) is 1. The van der Waals surface area contributed by atoms with Crippen molar-refractivity contribution in [1.29, 1.82) is 0 Å². The predicted octanol–water partition coefficient (Wildman–Crippen LogP) is 3.95. The summed E-state index contributed by atoms with van der Waals surface area (Å²) >= 11 is 0. The number of nitrogens with one attached hydrogen (secondary N) is 1. The third kappa shape index (κ3) is 3.72. The van der Waals surface area contributed by atoms with E-state index in [1.165, 1.54) is 57.8 Å². The van der Waals surface area contributed by atoms with Crippen LogP contribution in [0.3, 0.4) is 0 Å². The predicted molar refractivity (Wildman–Crippen MR) is 123 cm³/mol. The van der Waals surface area contributed by atoms with Gasteiger partial charge in [-0.3, -0.25) is 14.5 Å². The monoisotopic (exact) mass is 438 g/mol. The molecule has 4 fully saturated rings. The van der Waals surface area contributed by atoms with Crippen molar-refractivity contribution in [2.75, 3.05) is 13.1 Å². The Morgan fingerprint density at radius 2 is 1.59 bits per heavy atom. The summed E-state index contributed by atoms with van der Waals surface area (Å²) in [5, 5.41) is 0. The minimum Gasteiger partial charge on any atom is -0.332 e. The van der Waals surface area contributed by atoms with Crippen LogP contribution < -0.4 is 5.56 Å². The summed E-state index contributed by atoms with van der Waals surface area (Å²) in [6.07, 6.45) is 15.5. The highest BCUT2D eigenvalue weighted by Crippen LogP contribution is 2.56. The third-order valence-corrected chi connectivity index (χ3v) is 9.26. The number of hydrogen-bond donors (Lipinski definition) is 1. The van der Waals surface area contributed by atoms with Gasteiger partial charge in [0.15, 0.2) is 0 Å². The first kappa shape index (κ1) is 20.9. The van der Waals surface area contributed by atoms with Crippen molar-refractivity contribution in [2.45, 2.75) is 102 Å². The molecule has 1 aromatic heterocycles. The Labute approximate surface area is 191 Å². The third-order valence-electron chi connectivity index (χ3n) is 9.26. The zero-order valence-electron chi connectivity index (χ0n) is 19.4. The zero-order valence-corrected chi connectivity index (χ0v) is 19.4. The molecule has 3 heterocycles. The van der Waals surface area contributed by atoms with Gasteiger partial charge in [0, 0.05) is 37.2 Å². The van der Waals surface area contributed by atoms with E-state index in [4.69, 9.17) is 4.98 Å². The van der Waals surface area contributed by atoms with E-state index in [2.05, 4.69) is 14.8 Å². The van der Waals surface area contributed by atoms with Gasteiger partial charge < -0.3 is 9.88 Å². The lowest BCUT2D eigenvalue weighted by molar-refractivity contribution is -0.137. The summed E-state index contributed by atoms with van der Waals surface area (Å²) in [5.41, 5.74) is 1.88. The lowest BCUT2D eigenvalue weighted by atomic mass is 9.92. The molecule has 0 radical (unpaired) electrons. The molecule has 6 nitrogen and oxygen atoms in total. The fourth-order valence-corrected chi connectivity index (χ4v) is 7.42. The second-order valence-electron chi connectivity index (χ2n) is 11.1. The Balaban J connectivity index is 1.24. The van der Waals surface area contributed by atoms with Gasteiger partial charge in [0.1, 0.15) is 5.82 Å². The molecule has 3 atom stereocenters. The molecule has 1 N–H and O–H groups in total. The summed E-state index contributed by atoms with van der Waals surface area (Å²) in [7, 11) is 0. The van der Waals surface area contributed by atoms with Gasteiger partial charge in [-0.1, -0.05) is 32.1 Å². The van der Waals surface area contributed by atoms with E-state index in [0.717, 1.165) is 62.4 Å². The SMILES string of the molecule is O=C(C1[C@@H]2CCCC[C@@H]12)N1CCCC[C@@H]1c1nc2c(c(=O)[nH]1)CCN(C1CCCCC1)C2. The number of aromatic amines is 1. The van der Waals surface area contributed by atoms with Crippen LogP contribution in [0.4, 0.5) is 0 Å². The lowest BCUT2D eigenvalue weighted by Crippen LogP contribution is -2.44. The topological polar surface area (TPSA) is 69.3 Å². The fraction of sp³-hybridized carbons (Fsp3) is 0.808. The van der Waals surface area contributed by atoms with Crippen LogP contribution >= 0.6 is 0 Å². The molecular formula is C26H38N4O2. The zero-order chi connectivity index (χ0) is 21.7. The number of aromatic nitrogens is 2. The molecule has 0 aromatic carbocycles. The number of carbonyl (C=O) groups is 1. The molecule has 2 aliphatic heterocycles. The van der Waals surface area contributed by atoms with Crippen LogP contribution in [-0.4, -0.2) is 44.8 Å². The first-order chi connectivity index (χ1) is 15.7. The number of nitrogens with zero attached hydrogens (tertiary/aromatic N) is 3. The van der Waals surface area contributed by atoms with Crippen LogP contribution in [-0.2, 0) is 17.8 Å². The minimum atomic E-state index is -0.0537. The molecule has 3 aliphatic carbocycles. The number of hydrogen-bond acceptors (Lipinski definition) is 4. The molecule has 1 aromatic rings. The number of rotatable bonds is 3. The van der Waals surface area contributed by atoms with Crippen molar-refractivity contribution in [1.82, 2.24) is 19.8 Å². The average Bonchev–Trinajstić information content (AvgIpc) is 3.58. The molecule has 6 rings (SSSR count). The van der Waals surface area contributed by atoms with Gasteiger partial charge in [-0.2, -0.15) is 0 Å². The minimum absolute atomic E-state index is 0.0337. The van der Waals surface area contributed by atoms with Gasteiger partial charge in [-0.15, -0.1) is 0 Å². The van der Waals surface area contributed by atoms with Crippen molar-refractivity contribution >= 4 is 5.91 Å². The van der Waals surface area contributed by atoms with E-state index in [-0.39, 0.29) is 17.5 Å². The van der Waals surface area contributed by atoms with Crippen LogP contribution in [0.5, 0.6) is 0 Å². The largest absolute Gasteiger partial charge is 0.332 e. The van der Waals surface area contributed by atoms with E-state index in [1.54, 1.807) is 0 Å². The van der Waals surface area contributed by atoms with E-state index in [1.807, 2.05) is 0 Å². The molecule has 0 bridgehead atoms. The van der Waals surface area contributed by atoms with Crippen molar-refractivity contribution in [3.63, 3.8) is 0 Å². The van der Waals surface area contributed by atoms with Gasteiger partial charge in [0.05, 0.1) is 11.7 Å². The summed E-state index contributed by atoms with van der Waals surface area (Å²) < 4.78 is 0. The van der Waals surface area contributed by atoms with Crippen molar-refractivity contribution in [2.24, 2.45) is 17.8 Å². The van der Waals surface area contributed by atoms with Gasteiger partial charge in [0.25, 0.3) is 5.56 Å². The van der Waals surface area contributed by atoms with Crippen molar-refractivity contribution in [3.8, 4) is 0 Å². The fourth-order valence-electron chi connectivity index (χ4n) is 7.42. The van der Waals surface area contributed by atoms with E-state index in [0.29, 0.717) is 23.8 Å². The van der Waals surface area contributed by atoms with Crippen molar-refractivity contribution in [3.05, 3.63) is 27.4 Å². The second-order valence-corrected chi connectivity index (χ2v) is 11.1. The first-order valence-corrected chi connectivity index (χ1v) is 13.4. The Morgan fingerprint density at radius 1 is 0.875 bits per heavy atom. The molecule has 3 saturated carbocycles. The van der Waals surface area contributed by atoms with Crippen LogP contribution in [0.15, 0.2) is 4.79 Å². The maximum atomic E-state index is 13.5. The van der Waals surface area contributed by atoms with Crippen LogP contribution in [0.1, 0.15) is 100 Å². The number of piperidine rings is 1. The van der Waals surface area contributed by atoms with E-state index < -0.39 is 0 Å². The Morgan fingerprint density at radius 3 is 2.38 bits per heavy atom. The number of fused-ring (bicyclic) bond motifs is 2. The summed E-state index contributed by atoms with van der Waals surface area (Å²) in [5.74, 6) is 2.58. The molecule has 5 aliphatic rings. The highest BCUT2D eigenvalue weighted by atomic mass is 16.2. The molecule has 174 valence electrons. The molecular weight excluding hydrogens is 400 g/mol. The quantitative estimate of drug-likeness (QED) is 0.776. The number of carbonyl (C=O) groups excluding carboxylic acids is 1. The second kappa shape index (κ2) is 8.58. The summed E-state index contributed by atoms with van der Waals surface area (Å²) in [6, 6.07) is 0.592. The van der Waals surface area contributed by atoms with E-state index >= 15 is 0 Å². The lowest BCUT2D eigenvalue weighted by Gasteiger charge is -2.38. The molecule has 6 heteroatoms. The van der Waals surface area contributed by atoms with Crippen LogP contribution in [0, 0.1) is 17.8 Å². The Bertz CT molecular complexity index is 909. The molecule has 1 amide bonds. The van der Waals surface area contributed by atoms with Crippen molar-refractivity contribution < 1.29 is 4.79 Å². The van der Waals surface area contributed by atoms with Gasteiger partial charge >= 0.3 is 0 Å². The van der Waals surface area contributed by atoms with Gasteiger partial charge in [-0.25, -0.2) is 4.98 Å². The maximum absolute atomic E-state index is 13.5. The summed E-state index contributed by atoms with van der Waals surface area (Å²) in [6.45, 7) is 2.58. The first-order valence-electron chi connectivity index (χ1n) is 13.4. The van der Waals surface area contributed by atoms with Gasteiger partial charge in [-0.05, 0) is 63.2 Å². The number of amides is 1. The highest BCUT2D eigenvalue weighted by Gasteiger charge is 2.56.